The summed E-state index contributed by atoms with van der Waals surface area (Å²) >= 11 is 0. The molecule has 0 unspecified atom stereocenters. The summed E-state index contributed by atoms with van der Waals surface area (Å²) in [6.07, 6.45) is -2.03. The van der Waals surface area contributed by atoms with Gasteiger partial charge in [0.2, 0.25) is 0 Å². The maximum absolute atomic E-state index is 12.5. The normalized spacial score (nSPS) is 11.4. The van der Waals surface area contributed by atoms with E-state index in [-0.39, 0.29) is 19.0 Å². The van der Waals surface area contributed by atoms with E-state index >= 15 is 0 Å². The standard InChI is InChI=1S/C19H16F3N3O2/c1-12-4-6-15-14(3-2-8-23-15)17(12)18(26)27-10-9-24-16-7-5-13(11-25-16)19(20,21)22/h2-8,11H,9-10H2,1H3,(H,24,25). The second-order valence-electron chi connectivity index (χ2n) is 5.82. The minimum absolute atomic E-state index is 0.0393. The predicted molar refractivity (Wildman–Crippen MR) is 94.5 cm³/mol. The first kappa shape index (κ1) is 18.6. The first-order chi connectivity index (χ1) is 12.9. The minimum Gasteiger partial charge on any atom is -0.460 e. The van der Waals surface area contributed by atoms with Crippen LogP contribution >= 0.6 is 0 Å². The lowest BCUT2D eigenvalue weighted by molar-refractivity contribution is -0.137. The molecule has 0 aliphatic rings. The van der Waals surface area contributed by atoms with Gasteiger partial charge in [-0.1, -0.05) is 12.1 Å². The highest BCUT2D eigenvalue weighted by atomic mass is 19.4. The van der Waals surface area contributed by atoms with Crippen molar-refractivity contribution in [3.8, 4) is 0 Å². The number of anilines is 1. The Morgan fingerprint density at radius 1 is 1.15 bits per heavy atom. The lowest BCUT2D eigenvalue weighted by atomic mass is 10.0. The van der Waals surface area contributed by atoms with Crippen LogP contribution < -0.4 is 5.32 Å². The average Bonchev–Trinajstić information content (AvgIpc) is 2.64. The molecule has 0 bridgehead atoms. The van der Waals surface area contributed by atoms with E-state index in [1.807, 2.05) is 13.0 Å². The van der Waals surface area contributed by atoms with Gasteiger partial charge in [0.05, 0.1) is 23.2 Å². The van der Waals surface area contributed by atoms with Crippen molar-refractivity contribution in [1.29, 1.82) is 0 Å². The van der Waals surface area contributed by atoms with E-state index in [4.69, 9.17) is 4.74 Å². The molecule has 0 fully saturated rings. The summed E-state index contributed by atoms with van der Waals surface area (Å²) in [5.74, 6) is -0.210. The number of aryl methyl sites for hydroxylation is 1. The Morgan fingerprint density at radius 2 is 1.96 bits per heavy atom. The molecule has 0 saturated carbocycles. The molecule has 0 saturated heterocycles. The number of ether oxygens (including phenoxy) is 1. The first-order valence-electron chi connectivity index (χ1n) is 8.15. The largest absolute Gasteiger partial charge is 0.460 e. The number of fused-ring (bicyclic) bond motifs is 1. The van der Waals surface area contributed by atoms with Crippen LogP contribution in [0.25, 0.3) is 10.9 Å². The topological polar surface area (TPSA) is 64.1 Å². The number of halogens is 3. The van der Waals surface area contributed by atoms with Gasteiger partial charge in [0, 0.05) is 17.8 Å². The third-order valence-corrected chi connectivity index (χ3v) is 3.93. The molecule has 5 nitrogen and oxygen atoms in total. The summed E-state index contributed by atoms with van der Waals surface area (Å²) in [5.41, 5.74) is 1.10. The second-order valence-corrected chi connectivity index (χ2v) is 5.82. The zero-order chi connectivity index (χ0) is 19.4. The zero-order valence-corrected chi connectivity index (χ0v) is 14.4. The fourth-order valence-electron chi connectivity index (χ4n) is 2.59. The van der Waals surface area contributed by atoms with Crippen LogP contribution in [0.3, 0.4) is 0 Å². The summed E-state index contributed by atoms with van der Waals surface area (Å²) in [7, 11) is 0. The molecule has 0 spiro atoms. The molecular weight excluding hydrogens is 359 g/mol. The van der Waals surface area contributed by atoms with Crippen LogP contribution in [0.2, 0.25) is 0 Å². The third-order valence-electron chi connectivity index (χ3n) is 3.93. The van der Waals surface area contributed by atoms with Gasteiger partial charge in [0.1, 0.15) is 12.4 Å². The zero-order valence-electron chi connectivity index (χ0n) is 14.4. The second kappa shape index (κ2) is 7.61. The molecule has 0 aliphatic heterocycles. The number of carbonyl (C=O) groups is 1. The fourth-order valence-corrected chi connectivity index (χ4v) is 2.59. The number of carbonyl (C=O) groups excluding carboxylic acids is 1. The summed E-state index contributed by atoms with van der Waals surface area (Å²) in [4.78, 5) is 20.3. The third kappa shape index (κ3) is 4.33. The Balaban J connectivity index is 1.58. The Labute approximate surface area is 153 Å². The van der Waals surface area contributed by atoms with E-state index in [0.29, 0.717) is 16.5 Å². The smallest absolute Gasteiger partial charge is 0.417 e. The SMILES string of the molecule is Cc1ccc2ncccc2c1C(=O)OCCNc1ccc(C(F)(F)F)cn1. The summed E-state index contributed by atoms with van der Waals surface area (Å²) in [6, 6.07) is 9.35. The fraction of sp³-hybridized carbons (Fsp3) is 0.211. The van der Waals surface area contributed by atoms with Crippen molar-refractivity contribution in [2.45, 2.75) is 13.1 Å². The van der Waals surface area contributed by atoms with Gasteiger partial charge in [-0.05, 0) is 36.8 Å². The summed E-state index contributed by atoms with van der Waals surface area (Å²) in [5, 5.41) is 3.52. The van der Waals surface area contributed by atoms with Gasteiger partial charge in [0.15, 0.2) is 0 Å². The monoisotopic (exact) mass is 375 g/mol. The van der Waals surface area contributed by atoms with Gasteiger partial charge in [-0.15, -0.1) is 0 Å². The average molecular weight is 375 g/mol. The van der Waals surface area contributed by atoms with Crippen molar-refractivity contribution in [3.05, 3.63) is 65.5 Å². The van der Waals surface area contributed by atoms with Crippen molar-refractivity contribution >= 4 is 22.7 Å². The Bertz CT molecular complexity index is 957. The van der Waals surface area contributed by atoms with Crippen LogP contribution in [-0.2, 0) is 10.9 Å². The van der Waals surface area contributed by atoms with Gasteiger partial charge in [0.25, 0.3) is 0 Å². The molecule has 0 aliphatic carbocycles. The molecule has 3 aromatic rings. The molecule has 1 aromatic carbocycles. The Hall–Kier alpha value is -3.16. The van der Waals surface area contributed by atoms with E-state index in [1.54, 1.807) is 24.4 Å². The van der Waals surface area contributed by atoms with Gasteiger partial charge in [-0.25, -0.2) is 9.78 Å². The molecule has 2 aromatic heterocycles. The van der Waals surface area contributed by atoms with E-state index in [9.17, 15) is 18.0 Å². The van der Waals surface area contributed by atoms with Crippen molar-refractivity contribution in [2.24, 2.45) is 0 Å². The summed E-state index contributed by atoms with van der Waals surface area (Å²) < 4.78 is 42.8. The van der Waals surface area contributed by atoms with Crippen LogP contribution in [0.4, 0.5) is 19.0 Å². The number of hydrogen-bond acceptors (Lipinski definition) is 5. The number of pyridine rings is 2. The Morgan fingerprint density at radius 3 is 2.67 bits per heavy atom. The van der Waals surface area contributed by atoms with Crippen LogP contribution in [0.15, 0.2) is 48.8 Å². The maximum atomic E-state index is 12.5. The predicted octanol–water partition coefficient (Wildman–Crippen LogP) is 4.23. The highest BCUT2D eigenvalue weighted by Gasteiger charge is 2.30. The quantitative estimate of drug-likeness (QED) is 0.534. The van der Waals surface area contributed by atoms with Crippen molar-refractivity contribution < 1.29 is 22.7 Å². The van der Waals surface area contributed by atoms with Crippen molar-refractivity contribution in [1.82, 2.24) is 9.97 Å². The highest BCUT2D eigenvalue weighted by Crippen LogP contribution is 2.28. The number of rotatable bonds is 5. The molecule has 27 heavy (non-hydrogen) atoms. The number of benzene rings is 1. The molecule has 0 radical (unpaired) electrons. The molecule has 3 rings (SSSR count). The molecule has 140 valence electrons. The number of aromatic nitrogens is 2. The molecule has 0 amide bonds. The number of hydrogen-bond donors (Lipinski definition) is 1. The van der Waals surface area contributed by atoms with Crippen LogP contribution in [-0.4, -0.2) is 29.1 Å². The summed E-state index contributed by atoms with van der Waals surface area (Å²) in [6.45, 7) is 2.07. The lowest BCUT2D eigenvalue weighted by Crippen LogP contribution is -2.16. The lowest BCUT2D eigenvalue weighted by Gasteiger charge is -2.11. The van der Waals surface area contributed by atoms with E-state index in [2.05, 4.69) is 15.3 Å². The van der Waals surface area contributed by atoms with E-state index in [0.717, 1.165) is 17.8 Å². The van der Waals surface area contributed by atoms with Crippen LogP contribution in [0.1, 0.15) is 21.5 Å². The molecular formula is C19H16F3N3O2. The van der Waals surface area contributed by atoms with E-state index < -0.39 is 17.7 Å². The van der Waals surface area contributed by atoms with Gasteiger partial charge >= 0.3 is 12.1 Å². The minimum atomic E-state index is -4.42. The van der Waals surface area contributed by atoms with Gasteiger partial charge in [-0.2, -0.15) is 13.2 Å². The van der Waals surface area contributed by atoms with Gasteiger partial charge in [-0.3, -0.25) is 4.98 Å². The molecule has 1 N–H and O–H groups in total. The number of nitrogens with one attached hydrogen (secondary N) is 1. The van der Waals surface area contributed by atoms with Crippen LogP contribution in [0, 0.1) is 6.92 Å². The molecule has 8 heteroatoms. The Kier molecular flexibility index (Phi) is 5.25. The van der Waals surface area contributed by atoms with Gasteiger partial charge < -0.3 is 10.1 Å². The van der Waals surface area contributed by atoms with Crippen molar-refractivity contribution in [3.63, 3.8) is 0 Å². The van der Waals surface area contributed by atoms with Crippen molar-refractivity contribution in [2.75, 3.05) is 18.5 Å². The molecule has 2 heterocycles. The van der Waals surface area contributed by atoms with Crippen LogP contribution in [0.5, 0.6) is 0 Å². The number of esters is 1. The number of alkyl halides is 3. The van der Waals surface area contributed by atoms with E-state index in [1.165, 1.54) is 6.07 Å². The highest BCUT2D eigenvalue weighted by molar-refractivity contribution is 6.04. The first-order valence-corrected chi connectivity index (χ1v) is 8.15. The molecule has 0 atom stereocenters. The number of nitrogens with zero attached hydrogens (tertiary/aromatic N) is 2. The maximum Gasteiger partial charge on any atom is 0.417 e.